The number of halogens is 1. The highest BCUT2D eigenvalue weighted by Gasteiger charge is 2.22. The SMILES string of the molecule is Cc1ccccc1N1CCC(=O)Nc2ccc(Cl)nc21. The molecule has 4 nitrogen and oxygen atoms in total. The van der Waals surface area contributed by atoms with Crippen LogP contribution in [0.1, 0.15) is 12.0 Å². The average Bonchev–Trinajstić information content (AvgIpc) is 2.58. The molecule has 0 radical (unpaired) electrons. The van der Waals surface area contributed by atoms with Crippen LogP contribution in [-0.4, -0.2) is 17.4 Å². The molecule has 1 aromatic heterocycles. The number of aromatic nitrogens is 1. The van der Waals surface area contributed by atoms with Crippen LogP contribution in [0, 0.1) is 6.92 Å². The maximum Gasteiger partial charge on any atom is 0.226 e. The van der Waals surface area contributed by atoms with E-state index < -0.39 is 0 Å². The van der Waals surface area contributed by atoms with Crippen LogP contribution in [0.3, 0.4) is 0 Å². The van der Waals surface area contributed by atoms with Crippen LogP contribution in [0.5, 0.6) is 0 Å². The number of hydrogen-bond donors (Lipinski definition) is 1. The molecule has 0 spiro atoms. The number of carbonyl (C=O) groups excluding carboxylic acids is 1. The van der Waals surface area contributed by atoms with E-state index >= 15 is 0 Å². The third-order valence-electron chi connectivity index (χ3n) is 3.34. The van der Waals surface area contributed by atoms with Crippen LogP contribution in [0.4, 0.5) is 17.2 Å². The largest absolute Gasteiger partial charge is 0.324 e. The molecule has 2 aromatic rings. The number of aryl methyl sites for hydroxylation is 1. The zero-order chi connectivity index (χ0) is 14.1. The van der Waals surface area contributed by atoms with E-state index in [-0.39, 0.29) is 5.91 Å². The highest BCUT2D eigenvalue weighted by molar-refractivity contribution is 6.29. The van der Waals surface area contributed by atoms with Gasteiger partial charge >= 0.3 is 0 Å². The Morgan fingerprint density at radius 3 is 2.85 bits per heavy atom. The molecule has 2 heterocycles. The summed E-state index contributed by atoms with van der Waals surface area (Å²) in [6, 6.07) is 11.5. The predicted molar refractivity (Wildman–Crippen MR) is 80.7 cm³/mol. The molecule has 1 N–H and O–H groups in total. The number of nitrogens with one attached hydrogen (secondary N) is 1. The molecule has 1 aromatic carbocycles. The summed E-state index contributed by atoms with van der Waals surface area (Å²) >= 11 is 6.01. The fourth-order valence-electron chi connectivity index (χ4n) is 2.36. The maximum atomic E-state index is 11.8. The van der Waals surface area contributed by atoms with E-state index in [1.54, 1.807) is 12.1 Å². The van der Waals surface area contributed by atoms with Gasteiger partial charge < -0.3 is 10.2 Å². The molecule has 0 fully saturated rings. The highest BCUT2D eigenvalue weighted by Crippen LogP contribution is 2.35. The van der Waals surface area contributed by atoms with Crippen molar-refractivity contribution in [2.45, 2.75) is 13.3 Å². The first-order valence-electron chi connectivity index (χ1n) is 6.45. The third kappa shape index (κ3) is 2.34. The van der Waals surface area contributed by atoms with E-state index in [0.717, 1.165) is 11.3 Å². The maximum absolute atomic E-state index is 11.8. The van der Waals surface area contributed by atoms with Gasteiger partial charge in [-0.25, -0.2) is 4.98 Å². The summed E-state index contributed by atoms with van der Waals surface area (Å²) in [7, 11) is 0. The predicted octanol–water partition coefficient (Wildman–Crippen LogP) is 3.52. The molecule has 3 rings (SSSR count). The van der Waals surface area contributed by atoms with Gasteiger partial charge in [0.05, 0.1) is 5.69 Å². The number of fused-ring (bicyclic) bond motifs is 1. The molecule has 0 aliphatic carbocycles. The first-order valence-corrected chi connectivity index (χ1v) is 6.82. The number of anilines is 3. The van der Waals surface area contributed by atoms with Gasteiger partial charge in [0.25, 0.3) is 0 Å². The lowest BCUT2D eigenvalue weighted by molar-refractivity contribution is -0.115. The lowest BCUT2D eigenvalue weighted by Crippen LogP contribution is -2.20. The summed E-state index contributed by atoms with van der Waals surface area (Å²) in [4.78, 5) is 18.2. The van der Waals surface area contributed by atoms with Crippen molar-refractivity contribution in [2.75, 3.05) is 16.8 Å². The van der Waals surface area contributed by atoms with Gasteiger partial charge in [-0.3, -0.25) is 4.79 Å². The lowest BCUT2D eigenvalue weighted by atomic mass is 10.1. The second-order valence-electron chi connectivity index (χ2n) is 4.74. The number of rotatable bonds is 1. The van der Waals surface area contributed by atoms with E-state index in [1.165, 1.54) is 0 Å². The quantitative estimate of drug-likeness (QED) is 0.816. The minimum atomic E-state index is -0.00791. The zero-order valence-electron chi connectivity index (χ0n) is 11.1. The number of benzene rings is 1. The van der Waals surface area contributed by atoms with Crippen molar-refractivity contribution < 1.29 is 4.79 Å². The van der Waals surface area contributed by atoms with Crippen LogP contribution in [-0.2, 0) is 4.79 Å². The Morgan fingerprint density at radius 1 is 1.25 bits per heavy atom. The van der Waals surface area contributed by atoms with Gasteiger partial charge in [-0.2, -0.15) is 0 Å². The summed E-state index contributed by atoms with van der Waals surface area (Å²) in [6.07, 6.45) is 0.419. The molecule has 20 heavy (non-hydrogen) atoms. The van der Waals surface area contributed by atoms with Crippen molar-refractivity contribution in [1.82, 2.24) is 4.98 Å². The number of para-hydroxylation sites is 1. The molecule has 0 atom stereocenters. The van der Waals surface area contributed by atoms with Crippen LogP contribution >= 0.6 is 11.6 Å². The summed E-state index contributed by atoms with van der Waals surface area (Å²) in [6.45, 7) is 2.62. The molecule has 1 amide bonds. The number of amides is 1. The van der Waals surface area contributed by atoms with Gasteiger partial charge in [0.2, 0.25) is 5.91 Å². The highest BCUT2D eigenvalue weighted by atomic mass is 35.5. The van der Waals surface area contributed by atoms with Crippen LogP contribution in [0.2, 0.25) is 5.15 Å². The van der Waals surface area contributed by atoms with Gasteiger partial charge in [0.1, 0.15) is 5.15 Å². The minimum absolute atomic E-state index is 0.00791. The number of hydrogen-bond acceptors (Lipinski definition) is 3. The number of pyridine rings is 1. The molecular weight excluding hydrogens is 274 g/mol. The van der Waals surface area contributed by atoms with Crippen molar-refractivity contribution in [3.8, 4) is 0 Å². The van der Waals surface area contributed by atoms with Crippen LogP contribution in [0.25, 0.3) is 0 Å². The summed E-state index contributed by atoms with van der Waals surface area (Å²) in [5, 5.41) is 3.28. The van der Waals surface area contributed by atoms with E-state index in [0.29, 0.717) is 29.6 Å². The molecule has 1 aliphatic rings. The standard InChI is InChI=1S/C15H14ClN3O/c1-10-4-2-3-5-12(10)19-9-8-14(20)17-11-6-7-13(16)18-15(11)19/h2-7H,8-9H2,1H3,(H,17,20). The van der Waals surface area contributed by atoms with Gasteiger partial charge in [0.15, 0.2) is 5.82 Å². The van der Waals surface area contributed by atoms with Gasteiger partial charge in [-0.15, -0.1) is 0 Å². The first kappa shape index (κ1) is 12.9. The smallest absolute Gasteiger partial charge is 0.226 e. The second kappa shape index (κ2) is 5.13. The van der Waals surface area contributed by atoms with Crippen molar-refractivity contribution in [3.63, 3.8) is 0 Å². The van der Waals surface area contributed by atoms with E-state index in [9.17, 15) is 4.79 Å². The molecule has 102 valence electrons. The Morgan fingerprint density at radius 2 is 2.05 bits per heavy atom. The van der Waals surface area contributed by atoms with Gasteiger partial charge in [-0.05, 0) is 30.7 Å². The topological polar surface area (TPSA) is 45.2 Å². The fourth-order valence-corrected chi connectivity index (χ4v) is 2.50. The van der Waals surface area contributed by atoms with E-state index in [2.05, 4.69) is 10.3 Å². The van der Waals surface area contributed by atoms with Crippen molar-refractivity contribution in [1.29, 1.82) is 0 Å². The van der Waals surface area contributed by atoms with Crippen molar-refractivity contribution in [3.05, 3.63) is 47.1 Å². The lowest BCUT2D eigenvalue weighted by Gasteiger charge is -2.24. The minimum Gasteiger partial charge on any atom is -0.324 e. The summed E-state index contributed by atoms with van der Waals surface area (Å²) in [5.74, 6) is 0.684. The molecule has 0 saturated heterocycles. The third-order valence-corrected chi connectivity index (χ3v) is 3.55. The Kier molecular flexibility index (Phi) is 3.32. The van der Waals surface area contributed by atoms with Gasteiger partial charge in [0, 0.05) is 18.7 Å². The monoisotopic (exact) mass is 287 g/mol. The Hall–Kier alpha value is -2.07. The molecule has 1 aliphatic heterocycles. The molecular formula is C15H14ClN3O. The number of carbonyl (C=O) groups is 1. The molecule has 0 saturated carbocycles. The summed E-state index contributed by atoms with van der Waals surface area (Å²) in [5.41, 5.74) is 2.87. The fraction of sp³-hybridized carbons (Fsp3) is 0.200. The van der Waals surface area contributed by atoms with Crippen molar-refractivity contribution >= 4 is 34.7 Å². The van der Waals surface area contributed by atoms with Gasteiger partial charge in [-0.1, -0.05) is 29.8 Å². The zero-order valence-corrected chi connectivity index (χ0v) is 11.8. The second-order valence-corrected chi connectivity index (χ2v) is 5.13. The Balaban J connectivity index is 2.15. The van der Waals surface area contributed by atoms with Crippen LogP contribution in [0.15, 0.2) is 36.4 Å². The van der Waals surface area contributed by atoms with E-state index in [1.807, 2.05) is 36.1 Å². The molecule has 0 unspecified atom stereocenters. The average molecular weight is 288 g/mol. The van der Waals surface area contributed by atoms with Crippen molar-refractivity contribution in [2.24, 2.45) is 0 Å². The first-order chi connectivity index (χ1) is 9.65. The van der Waals surface area contributed by atoms with E-state index in [4.69, 9.17) is 11.6 Å². The normalized spacial score (nSPS) is 14.5. The Labute approximate surface area is 122 Å². The number of nitrogens with zero attached hydrogens (tertiary/aromatic N) is 2. The summed E-state index contributed by atoms with van der Waals surface area (Å²) < 4.78 is 0. The van der Waals surface area contributed by atoms with Crippen LogP contribution < -0.4 is 10.2 Å². The molecule has 5 heteroatoms. The Bertz CT molecular complexity index is 672. The molecule has 0 bridgehead atoms.